The van der Waals surface area contributed by atoms with E-state index in [1.54, 1.807) is 0 Å². The fraction of sp³-hybridized carbons (Fsp3) is 0.500. The maximum Gasteiger partial charge on any atom is 0.221 e. The second-order valence-corrected chi connectivity index (χ2v) is 4.39. The van der Waals surface area contributed by atoms with Crippen LogP contribution in [0.5, 0.6) is 0 Å². The molecular weight excluding hydrogens is 226 g/mol. The molecule has 0 radical (unpaired) electrons. The molecule has 0 heterocycles. The van der Waals surface area contributed by atoms with Crippen LogP contribution < -0.4 is 16.4 Å². The van der Waals surface area contributed by atoms with E-state index in [-0.39, 0.29) is 18.0 Å². The summed E-state index contributed by atoms with van der Waals surface area (Å²) < 4.78 is 0. The van der Waals surface area contributed by atoms with Crippen molar-refractivity contribution in [2.24, 2.45) is 5.73 Å². The van der Waals surface area contributed by atoms with Gasteiger partial charge in [-0.2, -0.15) is 0 Å². The Balaban J connectivity index is 2.50. The maximum absolute atomic E-state index is 11.5. The van der Waals surface area contributed by atoms with Gasteiger partial charge < -0.3 is 16.4 Å². The molecule has 4 heteroatoms. The average Bonchev–Trinajstić information content (AvgIpc) is 2.39. The Kier molecular flexibility index (Phi) is 6.39. The third-order valence-corrected chi connectivity index (χ3v) is 2.88. The fourth-order valence-electron chi connectivity index (χ4n) is 1.89. The molecule has 1 aromatic carbocycles. The van der Waals surface area contributed by atoms with Crippen LogP contribution in [0, 0.1) is 0 Å². The number of rotatable bonds is 7. The Labute approximate surface area is 109 Å². The number of amides is 1. The predicted molar refractivity (Wildman–Crippen MR) is 74.1 cm³/mol. The zero-order valence-electron chi connectivity index (χ0n) is 11.1. The lowest BCUT2D eigenvalue weighted by atomic mass is 10.1. The van der Waals surface area contributed by atoms with E-state index >= 15 is 0 Å². The molecule has 0 aliphatic heterocycles. The van der Waals surface area contributed by atoms with Gasteiger partial charge >= 0.3 is 0 Å². The monoisotopic (exact) mass is 249 g/mol. The van der Waals surface area contributed by atoms with Crippen LogP contribution in [0.15, 0.2) is 30.3 Å². The summed E-state index contributed by atoms with van der Waals surface area (Å²) in [6.07, 6.45) is 0.418. The van der Waals surface area contributed by atoms with Crippen LogP contribution in [-0.2, 0) is 4.79 Å². The number of carbonyl (C=O) groups excluding carboxylic acids is 1. The van der Waals surface area contributed by atoms with E-state index in [4.69, 9.17) is 5.73 Å². The zero-order valence-corrected chi connectivity index (χ0v) is 11.1. The highest BCUT2D eigenvalue weighted by molar-refractivity contribution is 5.76. The summed E-state index contributed by atoms with van der Waals surface area (Å²) in [5.74, 6) is 0.0423. The van der Waals surface area contributed by atoms with Crippen molar-refractivity contribution in [3.05, 3.63) is 35.9 Å². The van der Waals surface area contributed by atoms with Gasteiger partial charge in [-0.25, -0.2) is 0 Å². The Morgan fingerprint density at radius 1 is 1.33 bits per heavy atom. The van der Waals surface area contributed by atoms with Gasteiger partial charge in [0.25, 0.3) is 0 Å². The summed E-state index contributed by atoms with van der Waals surface area (Å²) >= 11 is 0. The largest absolute Gasteiger partial charge is 0.356 e. The number of nitrogens with two attached hydrogens (primary N) is 1. The number of nitrogens with one attached hydrogen (secondary N) is 2. The Morgan fingerprint density at radius 3 is 2.56 bits per heavy atom. The molecule has 1 rings (SSSR count). The first-order chi connectivity index (χ1) is 8.67. The van der Waals surface area contributed by atoms with Crippen molar-refractivity contribution in [2.45, 2.75) is 32.4 Å². The number of carbonyl (C=O) groups is 1. The molecule has 1 amide bonds. The molecule has 4 nitrogen and oxygen atoms in total. The van der Waals surface area contributed by atoms with Crippen LogP contribution in [0.1, 0.15) is 31.9 Å². The lowest BCUT2D eigenvalue weighted by Crippen LogP contribution is -2.41. The zero-order chi connectivity index (χ0) is 13.4. The molecule has 0 bridgehead atoms. The van der Waals surface area contributed by atoms with E-state index in [2.05, 4.69) is 29.7 Å². The molecular formula is C14H23N3O. The number of benzene rings is 1. The molecule has 0 fully saturated rings. The smallest absolute Gasteiger partial charge is 0.221 e. The third kappa shape index (κ3) is 4.85. The molecule has 0 aliphatic rings. The predicted octanol–water partition coefficient (Wildman–Crippen LogP) is 1.19. The first-order valence-electron chi connectivity index (χ1n) is 6.45. The van der Waals surface area contributed by atoms with E-state index < -0.39 is 0 Å². The summed E-state index contributed by atoms with van der Waals surface area (Å²) in [6.45, 7) is 5.10. The standard InChI is InChI=1S/C14H23N3O/c1-3-16-14(18)9-13(10-15)17-11(2)12-7-5-4-6-8-12/h4-8,11,13,17H,3,9-10,15H2,1-2H3,(H,16,18). The highest BCUT2D eigenvalue weighted by atomic mass is 16.1. The minimum absolute atomic E-state index is 0.00626. The van der Waals surface area contributed by atoms with Gasteiger partial charge in [0.1, 0.15) is 0 Å². The lowest BCUT2D eigenvalue weighted by molar-refractivity contribution is -0.121. The normalized spacial score (nSPS) is 13.9. The maximum atomic E-state index is 11.5. The van der Waals surface area contributed by atoms with E-state index in [1.807, 2.05) is 25.1 Å². The van der Waals surface area contributed by atoms with Crippen molar-refractivity contribution in [2.75, 3.05) is 13.1 Å². The lowest BCUT2D eigenvalue weighted by Gasteiger charge is -2.22. The van der Waals surface area contributed by atoms with Gasteiger partial charge in [-0.05, 0) is 19.4 Å². The topological polar surface area (TPSA) is 67.2 Å². The second kappa shape index (κ2) is 7.84. The van der Waals surface area contributed by atoms with E-state index in [1.165, 1.54) is 5.56 Å². The van der Waals surface area contributed by atoms with Crippen molar-refractivity contribution < 1.29 is 4.79 Å². The number of hydrogen-bond donors (Lipinski definition) is 3. The van der Waals surface area contributed by atoms with Gasteiger partial charge in [0.15, 0.2) is 0 Å². The van der Waals surface area contributed by atoms with Gasteiger partial charge in [0.05, 0.1) is 0 Å². The Morgan fingerprint density at radius 2 is 2.00 bits per heavy atom. The molecule has 1 aromatic rings. The van der Waals surface area contributed by atoms with Crippen molar-refractivity contribution in [3.8, 4) is 0 Å². The fourth-order valence-corrected chi connectivity index (χ4v) is 1.89. The molecule has 0 saturated carbocycles. The SMILES string of the molecule is CCNC(=O)CC(CN)NC(C)c1ccccc1. The molecule has 100 valence electrons. The van der Waals surface area contributed by atoms with Crippen LogP contribution in [0.2, 0.25) is 0 Å². The minimum Gasteiger partial charge on any atom is -0.356 e. The molecule has 0 spiro atoms. The number of hydrogen-bond acceptors (Lipinski definition) is 3. The highest BCUT2D eigenvalue weighted by Crippen LogP contribution is 2.12. The third-order valence-electron chi connectivity index (χ3n) is 2.88. The van der Waals surface area contributed by atoms with Gasteiger partial charge in [0, 0.05) is 31.6 Å². The molecule has 0 aliphatic carbocycles. The summed E-state index contributed by atoms with van der Waals surface area (Å²) in [6, 6.07) is 10.3. The Hall–Kier alpha value is -1.39. The molecule has 2 atom stereocenters. The first kappa shape index (κ1) is 14.7. The van der Waals surface area contributed by atoms with Crippen molar-refractivity contribution >= 4 is 5.91 Å². The molecule has 0 aromatic heterocycles. The summed E-state index contributed by atoms with van der Waals surface area (Å²) in [7, 11) is 0. The van der Waals surface area contributed by atoms with Gasteiger partial charge in [-0.3, -0.25) is 4.79 Å². The minimum atomic E-state index is 0.00626. The Bertz CT molecular complexity index is 353. The van der Waals surface area contributed by atoms with Gasteiger partial charge in [-0.15, -0.1) is 0 Å². The first-order valence-corrected chi connectivity index (χ1v) is 6.45. The van der Waals surface area contributed by atoms with E-state index in [0.717, 1.165) is 0 Å². The summed E-state index contributed by atoms with van der Waals surface area (Å²) in [5.41, 5.74) is 6.90. The van der Waals surface area contributed by atoms with Gasteiger partial charge in [0.2, 0.25) is 5.91 Å². The average molecular weight is 249 g/mol. The summed E-state index contributed by atoms with van der Waals surface area (Å²) in [4.78, 5) is 11.5. The van der Waals surface area contributed by atoms with Crippen molar-refractivity contribution in [1.82, 2.24) is 10.6 Å². The summed E-state index contributed by atoms with van der Waals surface area (Å²) in [5, 5.41) is 6.18. The quantitative estimate of drug-likeness (QED) is 0.680. The molecule has 2 unspecified atom stereocenters. The van der Waals surface area contributed by atoms with Crippen molar-refractivity contribution in [3.63, 3.8) is 0 Å². The van der Waals surface area contributed by atoms with E-state index in [9.17, 15) is 4.79 Å². The van der Waals surface area contributed by atoms with Crippen LogP contribution in [0.3, 0.4) is 0 Å². The molecule has 18 heavy (non-hydrogen) atoms. The van der Waals surface area contributed by atoms with Crippen molar-refractivity contribution in [1.29, 1.82) is 0 Å². The molecule has 0 saturated heterocycles. The van der Waals surface area contributed by atoms with E-state index in [0.29, 0.717) is 19.5 Å². The highest BCUT2D eigenvalue weighted by Gasteiger charge is 2.15. The van der Waals surface area contributed by atoms with Crippen LogP contribution >= 0.6 is 0 Å². The van der Waals surface area contributed by atoms with Crippen LogP contribution in [0.25, 0.3) is 0 Å². The molecule has 4 N–H and O–H groups in total. The van der Waals surface area contributed by atoms with Gasteiger partial charge in [-0.1, -0.05) is 30.3 Å². The van der Waals surface area contributed by atoms with Crippen LogP contribution in [0.4, 0.5) is 0 Å². The van der Waals surface area contributed by atoms with Crippen LogP contribution in [-0.4, -0.2) is 25.0 Å². The second-order valence-electron chi connectivity index (χ2n) is 4.39.